The average Bonchev–Trinajstić information content (AvgIpc) is 2.88. The van der Waals surface area contributed by atoms with Gasteiger partial charge in [0, 0.05) is 23.5 Å². The highest BCUT2D eigenvalue weighted by Gasteiger charge is 2.16. The standard InChI is InChI=1S/C10H12N6O2/c1-5-3-7(15-13-5)11-9(17)10(18)12-8-4-6(2)14-16-8/h3-4H,1-2H3,(H2,11,13,15,17)(H2,12,14,16,18). The largest absolute Gasteiger partial charge is 0.315 e. The third-order valence-corrected chi connectivity index (χ3v) is 2.10. The van der Waals surface area contributed by atoms with Gasteiger partial charge in [0.25, 0.3) is 0 Å². The van der Waals surface area contributed by atoms with E-state index in [-0.39, 0.29) is 0 Å². The molecule has 2 amide bonds. The lowest BCUT2D eigenvalue weighted by Crippen LogP contribution is -2.29. The third kappa shape index (κ3) is 2.73. The highest BCUT2D eigenvalue weighted by atomic mass is 16.2. The van der Waals surface area contributed by atoms with E-state index < -0.39 is 11.8 Å². The fraction of sp³-hybridized carbons (Fsp3) is 0.200. The predicted molar refractivity (Wildman–Crippen MR) is 63.9 cm³/mol. The number of hydrogen-bond donors (Lipinski definition) is 4. The van der Waals surface area contributed by atoms with E-state index in [2.05, 4.69) is 31.0 Å². The van der Waals surface area contributed by atoms with Crippen LogP contribution in [-0.4, -0.2) is 32.2 Å². The van der Waals surface area contributed by atoms with Gasteiger partial charge in [-0.2, -0.15) is 10.2 Å². The van der Waals surface area contributed by atoms with Crippen molar-refractivity contribution in [3.05, 3.63) is 23.5 Å². The average molecular weight is 248 g/mol. The van der Waals surface area contributed by atoms with Crippen molar-refractivity contribution in [1.82, 2.24) is 20.4 Å². The van der Waals surface area contributed by atoms with Crippen LogP contribution in [0.25, 0.3) is 0 Å². The Morgan fingerprint density at radius 1 is 0.944 bits per heavy atom. The fourth-order valence-electron chi connectivity index (χ4n) is 1.31. The molecule has 2 aromatic heterocycles. The Labute approximate surface area is 102 Å². The van der Waals surface area contributed by atoms with Crippen molar-refractivity contribution in [2.45, 2.75) is 13.8 Å². The zero-order valence-electron chi connectivity index (χ0n) is 9.87. The van der Waals surface area contributed by atoms with Gasteiger partial charge in [0.15, 0.2) is 11.6 Å². The minimum atomic E-state index is -0.804. The smallest absolute Gasteiger partial charge is 0.301 e. The van der Waals surface area contributed by atoms with Gasteiger partial charge in [-0.25, -0.2) is 0 Å². The summed E-state index contributed by atoms with van der Waals surface area (Å²) in [6.45, 7) is 3.57. The van der Waals surface area contributed by atoms with Gasteiger partial charge < -0.3 is 10.6 Å². The second kappa shape index (κ2) is 4.70. The van der Waals surface area contributed by atoms with E-state index >= 15 is 0 Å². The van der Waals surface area contributed by atoms with Crippen LogP contribution < -0.4 is 10.6 Å². The predicted octanol–water partition coefficient (Wildman–Crippen LogP) is 0.327. The van der Waals surface area contributed by atoms with Gasteiger partial charge >= 0.3 is 11.8 Å². The maximum atomic E-state index is 11.5. The van der Waals surface area contributed by atoms with Gasteiger partial charge in [0.05, 0.1) is 0 Å². The molecule has 0 bridgehead atoms. The quantitative estimate of drug-likeness (QED) is 0.573. The molecule has 0 fully saturated rings. The molecule has 2 aromatic rings. The molecule has 0 spiro atoms. The molecular formula is C10H12N6O2. The van der Waals surface area contributed by atoms with Crippen LogP contribution in [0.4, 0.5) is 11.6 Å². The summed E-state index contributed by atoms with van der Waals surface area (Å²) in [5.74, 6) is -1.01. The van der Waals surface area contributed by atoms with E-state index in [1.807, 2.05) is 0 Å². The van der Waals surface area contributed by atoms with Gasteiger partial charge in [-0.3, -0.25) is 19.8 Å². The molecule has 2 rings (SSSR count). The number of nitrogens with zero attached hydrogens (tertiary/aromatic N) is 2. The summed E-state index contributed by atoms with van der Waals surface area (Å²) in [5, 5.41) is 17.6. The van der Waals surface area contributed by atoms with E-state index in [1.54, 1.807) is 26.0 Å². The normalized spacial score (nSPS) is 10.1. The summed E-state index contributed by atoms with van der Waals surface area (Å²) in [7, 11) is 0. The Morgan fingerprint density at radius 3 is 1.61 bits per heavy atom. The van der Waals surface area contributed by atoms with E-state index in [1.165, 1.54) is 0 Å². The number of rotatable bonds is 2. The monoisotopic (exact) mass is 248 g/mol. The van der Waals surface area contributed by atoms with Crippen molar-refractivity contribution in [1.29, 1.82) is 0 Å². The number of aromatic nitrogens is 4. The van der Waals surface area contributed by atoms with Crippen molar-refractivity contribution in [3.63, 3.8) is 0 Å². The molecule has 0 unspecified atom stereocenters. The number of aryl methyl sites for hydroxylation is 2. The van der Waals surface area contributed by atoms with Crippen molar-refractivity contribution < 1.29 is 9.59 Å². The van der Waals surface area contributed by atoms with Gasteiger partial charge in [-0.05, 0) is 13.8 Å². The van der Waals surface area contributed by atoms with E-state index in [4.69, 9.17) is 0 Å². The van der Waals surface area contributed by atoms with Gasteiger partial charge in [-0.15, -0.1) is 0 Å². The number of aromatic amines is 2. The molecule has 0 aromatic carbocycles. The molecule has 8 heteroatoms. The first-order valence-electron chi connectivity index (χ1n) is 5.21. The van der Waals surface area contributed by atoms with Crippen molar-refractivity contribution in [2.75, 3.05) is 10.6 Å². The second-order valence-corrected chi connectivity index (χ2v) is 3.78. The Kier molecular flexibility index (Phi) is 3.09. The van der Waals surface area contributed by atoms with Crippen LogP contribution in [-0.2, 0) is 9.59 Å². The van der Waals surface area contributed by atoms with Crippen LogP contribution >= 0.6 is 0 Å². The maximum absolute atomic E-state index is 11.5. The van der Waals surface area contributed by atoms with Gasteiger partial charge in [0.2, 0.25) is 0 Å². The lowest BCUT2D eigenvalue weighted by atomic mass is 10.4. The molecule has 0 saturated heterocycles. The number of amides is 2. The molecule has 0 aliphatic carbocycles. The summed E-state index contributed by atoms with van der Waals surface area (Å²) in [6.07, 6.45) is 0. The maximum Gasteiger partial charge on any atom is 0.315 e. The van der Waals surface area contributed by atoms with E-state index in [9.17, 15) is 9.59 Å². The molecule has 4 N–H and O–H groups in total. The Morgan fingerprint density at radius 2 is 1.33 bits per heavy atom. The van der Waals surface area contributed by atoms with Crippen LogP contribution in [0.1, 0.15) is 11.4 Å². The first kappa shape index (κ1) is 11.8. The lowest BCUT2D eigenvalue weighted by Gasteiger charge is -2.01. The summed E-state index contributed by atoms with van der Waals surface area (Å²) in [5.41, 5.74) is 1.57. The molecular weight excluding hydrogens is 236 g/mol. The number of carbonyl (C=O) groups is 2. The molecule has 0 saturated carbocycles. The zero-order valence-corrected chi connectivity index (χ0v) is 9.87. The topological polar surface area (TPSA) is 116 Å². The number of nitrogens with one attached hydrogen (secondary N) is 4. The lowest BCUT2D eigenvalue weighted by molar-refractivity contribution is -0.133. The molecule has 94 valence electrons. The molecule has 8 nitrogen and oxygen atoms in total. The highest BCUT2D eigenvalue weighted by molar-refractivity contribution is 6.43. The van der Waals surface area contributed by atoms with Gasteiger partial charge in [0.1, 0.15) is 0 Å². The SMILES string of the molecule is Cc1cc(NC(=O)C(=O)Nc2cc(C)[nH]n2)n[nH]1. The first-order chi connectivity index (χ1) is 8.54. The van der Waals surface area contributed by atoms with Crippen LogP contribution in [0.5, 0.6) is 0 Å². The van der Waals surface area contributed by atoms with Crippen LogP contribution in [0.15, 0.2) is 12.1 Å². The molecule has 18 heavy (non-hydrogen) atoms. The third-order valence-electron chi connectivity index (χ3n) is 2.10. The summed E-state index contributed by atoms with van der Waals surface area (Å²) >= 11 is 0. The van der Waals surface area contributed by atoms with Crippen LogP contribution in [0.3, 0.4) is 0 Å². The summed E-state index contributed by atoms with van der Waals surface area (Å²) < 4.78 is 0. The number of carbonyl (C=O) groups excluding carboxylic acids is 2. The number of hydrogen-bond acceptors (Lipinski definition) is 4. The Hall–Kier alpha value is -2.64. The number of anilines is 2. The molecule has 0 radical (unpaired) electrons. The zero-order chi connectivity index (χ0) is 13.1. The second-order valence-electron chi connectivity index (χ2n) is 3.78. The van der Waals surface area contributed by atoms with E-state index in [0.29, 0.717) is 11.6 Å². The van der Waals surface area contributed by atoms with Crippen LogP contribution in [0.2, 0.25) is 0 Å². The van der Waals surface area contributed by atoms with Crippen molar-refractivity contribution >= 4 is 23.5 Å². The van der Waals surface area contributed by atoms with Crippen molar-refractivity contribution in [2.24, 2.45) is 0 Å². The minimum Gasteiger partial charge on any atom is -0.301 e. The van der Waals surface area contributed by atoms with Gasteiger partial charge in [-0.1, -0.05) is 0 Å². The van der Waals surface area contributed by atoms with Crippen molar-refractivity contribution in [3.8, 4) is 0 Å². The summed E-state index contributed by atoms with van der Waals surface area (Å²) in [4.78, 5) is 23.0. The Bertz CT molecular complexity index is 532. The molecule has 0 aliphatic heterocycles. The van der Waals surface area contributed by atoms with E-state index in [0.717, 1.165) is 11.4 Å². The highest BCUT2D eigenvalue weighted by Crippen LogP contribution is 2.05. The minimum absolute atomic E-state index is 0.297. The molecule has 2 heterocycles. The summed E-state index contributed by atoms with van der Waals surface area (Å²) in [6, 6.07) is 3.23. The first-order valence-corrected chi connectivity index (χ1v) is 5.21. The van der Waals surface area contributed by atoms with Crippen LogP contribution in [0, 0.1) is 13.8 Å². The Balaban J connectivity index is 1.95. The molecule has 0 atom stereocenters. The molecule has 0 aliphatic rings. The fourth-order valence-corrected chi connectivity index (χ4v) is 1.31. The number of H-pyrrole nitrogens is 2.